The molecule has 7 rings (SSSR count). The summed E-state index contributed by atoms with van der Waals surface area (Å²) in [5, 5.41) is 23.3. The van der Waals surface area contributed by atoms with Crippen LogP contribution in [0.5, 0.6) is 0 Å². The van der Waals surface area contributed by atoms with E-state index in [9.17, 15) is 48.3 Å². The van der Waals surface area contributed by atoms with Gasteiger partial charge in [-0.3, -0.25) is 43.3 Å². The molecule has 7 amide bonds. The molecule has 4 aliphatic rings. The number of carbonyl (C=O) groups excluding carboxylic acids is 8. The molecule has 2 aromatic heterocycles. The molecule has 0 bridgehead atoms. The van der Waals surface area contributed by atoms with Gasteiger partial charge in [0.1, 0.15) is 19.2 Å². The van der Waals surface area contributed by atoms with Gasteiger partial charge < -0.3 is 45.7 Å². The summed E-state index contributed by atoms with van der Waals surface area (Å²) >= 11 is 0. The quantitative estimate of drug-likeness (QED) is 0.0305. The van der Waals surface area contributed by atoms with Crippen LogP contribution in [0, 0.1) is 12.7 Å². The van der Waals surface area contributed by atoms with E-state index in [4.69, 9.17) is 14.5 Å². The molecular formula is C42H45FN8O12. The fraction of sp³-hybridized carbons (Fsp3) is 0.429. The topological polar surface area (TPSA) is 274 Å². The lowest BCUT2D eigenvalue weighted by Gasteiger charge is -2.29. The number of nitrogens with zero attached hydrogens (tertiary/aromatic N) is 3. The Bertz CT molecular complexity index is 2520. The van der Waals surface area contributed by atoms with Crippen LogP contribution in [0.4, 0.5) is 4.39 Å². The fourth-order valence-electron chi connectivity index (χ4n) is 8.13. The number of nitrogens with one attached hydrogen (secondary N) is 5. The Balaban J connectivity index is 0.820. The Hall–Kier alpha value is -6.87. The number of pyridine rings is 2. The summed E-state index contributed by atoms with van der Waals surface area (Å²) in [6, 6.07) is 2.92. The van der Waals surface area contributed by atoms with Gasteiger partial charge in [0.05, 0.1) is 61.8 Å². The summed E-state index contributed by atoms with van der Waals surface area (Å²) in [6.07, 6.45) is 3.62. The number of aliphatic hydroxyl groups is 1. The summed E-state index contributed by atoms with van der Waals surface area (Å²) in [7, 11) is 0. The molecule has 20 nitrogen and oxygen atoms in total. The number of halogens is 1. The van der Waals surface area contributed by atoms with Crippen molar-refractivity contribution in [1.82, 2.24) is 41.0 Å². The summed E-state index contributed by atoms with van der Waals surface area (Å²) in [5.41, 5.74) is 4.00. The molecule has 63 heavy (non-hydrogen) atoms. The lowest BCUT2D eigenvalue weighted by atomic mass is 9.78. The highest BCUT2D eigenvalue weighted by Crippen LogP contribution is 2.46. The third-order valence-corrected chi connectivity index (χ3v) is 11.4. The van der Waals surface area contributed by atoms with Crippen LogP contribution in [0.25, 0.3) is 22.3 Å². The summed E-state index contributed by atoms with van der Waals surface area (Å²) < 4.78 is 27.6. The summed E-state index contributed by atoms with van der Waals surface area (Å²) in [6.45, 7) is 0.0332. The molecule has 3 aromatic rings. The van der Waals surface area contributed by atoms with Crippen LogP contribution in [-0.4, -0.2) is 113 Å². The van der Waals surface area contributed by atoms with Gasteiger partial charge in [-0.25, -0.2) is 14.2 Å². The van der Waals surface area contributed by atoms with Crippen molar-refractivity contribution in [2.45, 2.75) is 70.6 Å². The number of carbonyl (C=O) groups is 8. The van der Waals surface area contributed by atoms with Gasteiger partial charge in [0, 0.05) is 53.6 Å². The van der Waals surface area contributed by atoms with Crippen molar-refractivity contribution in [3.05, 3.63) is 73.8 Å². The van der Waals surface area contributed by atoms with E-state index in [1.54, 1.807) is 13.0 Å². The van der Waals surface area contributed by atoms with Gasteiger partial charge in [-0.2, -0.15) is 0 Å². The first-order valence-corrected chi connectivity index (χ1v) is 20.4. The van der Waals surface area contributed by atoms with Crippen molar-refractivity contribution in [3.63, 3.8) is 0 Å². The van der Waals surface area contributed by atoms with Crippen LogP contribution < -0.4 is 32.1 Å². The minimum atomic E-state index is -1.63. The van der Waals surface area contributed by atoms with Gasteiger partial charge in [-0.15, -0.1) is 0 Å². The van der Waals surface area contributed by atoms with E-state index < -0.39 is 66.7 Å². The van der Waals surface area contributed by atoms with Crippen LogP contribution >= 0.6 is 0 Å². The number of fused-ring (bicyclic) bond motifs is 5. The number of hydrogen-bond donors (Lipinski definition) is 6. The second kappa shape index (κ2) is 19.0. The first-order valence-electron chi connectivity index (χ1n) is 20.4. The number of unbranched alkanes of at least 4 members (excludes halogenated alkanes) is 2. The SMILES string of the molecule is Cc1c(F)cc2nc3c(c4c2c1CCC4COCNC(=O)CNC(=O)CNC(=O)CNC(=O)CNC(=O)CCCCCN1C(=O)C=CC1=O)Cn1c-3cc2c(c1=O)COC(=O)[C@H]2O. The van der Waals surface area contributed by atoms with Crippen LogP contribution in [-0.2, 0) is 67.4 Å². The van der Waals surface area contributed by atoms with Crippen molar-refractivity contribution < 1.29 is 57.3 Å². The predicted molar refractivity (Wildman–Crippen MR) is 216 cm³/mol. The number of benzene rings is 1. The predicted octanol–water partition coefficient (Wildman–Crippen LogP) is -0.967. The van der Waals surface area contributed by atoms with E-state index in [2.05, 4.69) is 26.6 Å². The fourth-order valence-corrected chi connectivity index (χ4v) is 8.13. The highest BCUT2D eigenvalue weighted by Gasteiger charge is 2.37. The normalized spacial score (nSPS) is 16.9. The molecule has 0 saturated heterocycles. The monoisotopic (exact) mass is 872 g/mol. The smallest absolute Gasteiger partial charge is 0.340 e. The number of ether oxygens (including phenoxy) is 2. The Morgan fingerprint density at radius 1 is 0.841 bits per heavy atom. The first kappa shape index (κ1) is 44.2. The average Bonchev–Trinajstić information content (AvgIpc) is 3.80. The molecular weight excluding hydrogens is 828 g/mol. The molecule has 0 spiro atoms. The Morgan fingerprint density at radius 3 is 2.14 bits per heavy atom. The van der Waals surface area contributed by atoms with Crippen LogP contribution in [0.15, 0.2) is 29.1 Å². The lowest BCUT2D eigenvalue weighted by molar-refractivity contribution is -0.157. The molecule has 1 aromatic carbocycles. The van der Waals surface area contributed by atoms with E-state index in [-0.39, 0.29) is 80.8 Å². The van der Waals surface area contributed by atoms with E-state index in [1.807, 2.05) is 0 Å². The third-order valence-electron chi connectivity index (χ3n) is 11.4. The van der Waals surface area contributed by atoms with E-state index in [0.717, 1.165) is 27.0 Å². The summed E-state index contributed by atoms with van der Waals surface area (Å²) in [5.74, 6) is -5.19. The van der Waals surface area contributed by atoms with Gasteiger partial charge in [0.25, 0.3) is 17.4 Å². The molecule has 5 heterocycles. The van der Waals surface area contributed by atoms with Gasteiger partial charge >= 0.3 is 5.97 Å². The minimum Gasteiger partial charge on any atom is -0.458 e. The number of rotatable bonds is 18. The largest absolute Gasteiger partial charge is 0.458 e. The number of amides is 7. The Labute approximate surface area is 357 Å². The Kier molecular flexibility index (Phi) is 13.4. The standard InChI is InChI=1S/C42H45FN8O12/c1-21-23-7-6-22(37-25-17-51-29(39(25)49-28(38(23)37)12-27(21)43)11-24-26(41(51)60)19-63-42(61)40(24)59)18-62-20-48-34(56)16-47-33(55)15-46-32(54)14-45-31(53)13-44-30(52)5-3-2-4-10-50-35(57)8-9-36(50)58/h8-9,11-12,22,40,59H,2-7,10,13-20H2,1H3,(H,44,52)(H,45,53)(H,46,54)(H,47,55)(H,48,56)/t22?,40-/m0/s1. The molecule has 0 fully saturated rings. The third kappa shape index (κ3) is 9.63. The number of cyclic esters (lactones) is 1. The molecule has 2 atom stereocenters. The molecule has 21 heteroatoms. The molecule has 1 unspecified atom stereocenters. The number of esters is 1. The molecule has 0 saturated carbocycles. The Morgan fingerprint density at radius 2 is 1.48 bits per heavy atom. The van der Waals surface area contributed by atoms with E-state index in [0.29, 0.717) is 54.6 Å². The van der Waals surface area contributed by atoms with Crippen molar-refractivity contribution >= 4 is 58.2 Å². The molecule has 3 aliphatic heterocycles. The zero-order valence-corrected chi connectivity index (χ0v) is 34.2. The number of aromatic nitrogens is 2. The van der Waals surface area contributed by atoms with Gasteiger partial charge in [0.15, 0.2) is 6.10 Å². The maximum atomic E-state index is 15.2. The van der Waals surface area contributed by atoms with Crippen LogP contribution in [0.1, 0.15) is 77.5 Å². The van der Waals surface area contributed by atoms with Crippen molar-refractivity contribution in [1.29, 1.82) is 0 Å². The van der Waals surface area contributed by atoms with Gasteiger partial charge in [-0.05, 0) is 55.4 Å². The van der Waals surface area contributed by atoms with Crippen molar-refractivity contribution in [2.75, 3.05) is 46.1 Å². The number of aryl methyl sites for hydroxylation is 1. The molecule has 6 N–H and O–H groups in total. The maximum Gasteiger partial charge on any atom is 0.340 e. The van der Waals surface area contributed by atoms with E-state index in [1.165, 1.54) is 22.8 Å². The van der Waals surface area contributed by atoms with Crippen LogP contribution in [0.3, 0.4) is 0 Å². The van der Waals surface area contributed by atoms with E-state index >= 15 is 4.39 Å². The van der Waals surface area contributed by atoms with Crippen LogP contribution in [0.2, 0.25) is 0 Å². The van der Waals surface area contributed by atoms with Gasteiger partial charge in [-0.1, -0.05) is 6.42 Å². The van der Waals surface area contributed by atoms with Crippen molar-refractivity contribution in [3.8, 4) is 11.4 Å². The highest BCUT2D eigenvalue weighted by molar-refractivity contribution is 6.12. The average molecular weight is 873 g/mol. The highest BCUT2D eigenvalue weighted by atomic mass is 19.1. The molecule has 0 radical (unpaired) electrons. The number of imide groups is 1. The number of aliphatic hydroxyl groups excluding tert-OH is 1. The maximum absolute atomic E-state index is 15.2. The van der Waals surface area contributed by atoms with Crippen molar-refractivity contribution in [2.24, 2.45) is 0 Å². The molecule has 1 aliphatic carbocycles. The zero-order chi connectivity index (χ0) is 44.9. The summed E-state index contributed by atoms with van der Waals surface area (Å²) in [4.78, 5) is 116. The van der Waals surface area contributed by atoms with Gasteiger partial charge in [0.2, 0.25) is 29.5 Å². The first-order chi connectivity index (χ1) is 30.2. The molecule has 332 valence electrons. The minimum absolute atomic E-state index is 0.130. The number of hydrogen-bond acceptors (Lipinski definition) is 13. The second-order valence-corrected chi connectivity index (χ2v) is 15.5. The lowest BCUT2D eigenvalue weighted by Crippen LogP contribution is -2.45. The zero-order valence-electron chi connectivity index (χ0n) is 34.2. The second-order valence-electron chi connectivity index (χ2n) is 15.5.